The van der Waals surface area contributed by atoms with Gasteiger partial charge in [0.25, 0.3) is 5.91 Å². The fourth-order valence-electron chi connectivity index (χ4n) is 2.15. The van der Waals surface area contributed by atoms with Crippen molar-refractivity contribution in [3.8, 4) is 5.75 Å². The second-order valence-electron chi connectivity index (χ2n) is 5.22. The summed E-state index contributed by atoms with van der Waals surface area (Å²) >= 11 is 0. The van der Waals surface area contributed by atoms with E-state index in [1.165, 1.54) is 25.3 Å². The highest BCUT2D eigenvalue weighted by Crippen LogP contribution is 2.24. The van der Waals surface area contributed by atoms with Gasteiger partial charge in [-0.15, -0.1) is 0 Å². The van der Waals surface area contributed by atoms with Gasteiger partial charge >= 0.3 is 0 Å². The summed E-state index contributed by atoms with van der Waals surface area (Å²) in [5.74, 6) is -0.146. The molecule has 7 nitrogen and oxygen atoms in total. The number of benzene rings is 1. The molecule has 8 heteroatoms. The van der Waals surface area contributed by atoms with Gasteiger partial charge in [-0.2, -0.15) is 0 Å². The lowest BCUT2D eigenvalue weighted by Gasteiger charge is -2.24. The molecule has 1 aliphatic rings. The van der Waals surface area contributed by atoms with E-state index >= 15 is 0 Å². The maximum atomic E-state index is 12.4. The zero-order chi connectivity index (χ0) is 15.7. The van der Waals surface area contributed by atoms with Crippen molar-refractivity contribution in [2.24, 2.45) is 5.14 Å². The molecule has 2 rings (SSSR count). The van der Waals surface area contributed by atoms with Crippen LogP contribution in [0.5, 0.6) is 5.75 Å². The summed E-state index contributed by atoms with van der Waals surface area (Å²) in [6, 6.07) is 3.91. The Hall–Kier alpha value is -1.64. The average Bonchev–Trinajstić information content (AvgIpc) is 2.83. The minimum Gasteiger partial charge on any atom is -0.496 e. The molecule has 0 aromatic heterocycles. The normalized spacial score (nSPS) is 22.0. The molecule has 21 heavy (non-hydrogen) atoms. The summed E-state index contributed by atoms with van der Waals surface area (Å²) in [6.45, 7) is 2.86. The molecule has 0 aliphatic carbocycles. The summed E-state index contributed by atoms with van der Waals surface area (Å²) < 4.78 is 33.2. The van der Waals surface area contributed by atoms with Gasteiger partial charge in [0.1, 0.15) is 5.75 Å². The monoisotopic (exact) mass is 314 g/mol. The van der Waals surface area contributed by atoms with Gasteiger partial charge in [0.05, 0.1) is 29.7 Å². The lowest BCUT2D eigenvalue weighted by molar-refractivity contribution is 0.0886. The second kappa shape index (κ2) is 5.63. The number of rotatable bonds is 4. The minimum absolute atomic E-state index is 0.122. The maximum absolute atomic E-state index is 12.4. The highest BCUT2D eigenvalue weighted by Gasteiger charge is 2.32. The van der Waals surface area contributed by atoms with E-state index in [2.05, 4.69) is 5.32 Å². The highest BCUT2D eigenvalue weighted by molar-refractivity contribution is 7.89. The Morgan fingerprint density at radius 3 is 2.71 bits per heavy atom. The molecule has 0 radical (unpaired) electrons. The number of ether oxygens (including phenoxy) is 2. The van der Waals surface area contributed by atoms with Gasteiger partial charge in [0, 0.05) is 6.61 Å². The van der Waals surface area contributed by atoms with Gasteiger partial charge in [0.15, 0.2) is 0 Å². The number of sulfonamides is 1. The van der Waals surface area contributed by atoms with E-state index in [4.69, 9.17) is 14.6 Å². The molecule has 1 saturated heterocycles. The number of amides is 1. The molecule has 1 aromatic rings. The van der Waals surface area contributed by atoms with Crippen LogP contribution in [0.3, 0.4) is 0 Å². The minimum atomic E-state index is -3.89. The largest absolute Gasteiger partial charge is 0.496 e. The Balaban J connectivity index is 2.34. The summed E-state index contributed by atoms with van der Waals surface area (Å²) in [4.78, 5) is 12.2. The number of methoxy groups -OCH3 is 1. The van der Waals surface area contributed by atoms with Gasteiger partial charge < -0.3 is 14.8 Å². The zero-order valence-corrected chi connectivity index (χ0v) is 12.7. The van der Waals surface area contributed by atoms with Crippen LogP contribution < -0.4 is 15.2 Å². The Morgan fingerprint density at radius 2 is 2.19 bits per heavy atom. The molecule has 1 heterocycles. The van der Waals surface area contributed by atoms with E-state index in [0.29, 0.717) is 19.6 Å². The topological polar surface area (TPSA) is 108 Å². The van der Waals surface area contributed by atoms with Crippen LogP contribution in [0.25, 0.3) is 0 Å². The van der Waals surface area contributed by atoms with Crippen LogP contribution in [0.15, 0.2) is 23.1 Å². The molecule has 1 unspecified atom stereocenters. The molecule has 0 spiro atoms. The summed E-state index contributed by atoms with van der Waals surface area (Å²) in [5, 5.41) is 7.93. The van der Waals surface area contributed by atoms with Crippen LogP contribution in [-0.2, 0) is 14.8 Å². The molecule has 0 bridgehead atoms. The summed E-state index contributed by atoms with van der Waals surface area (Å²) in [5.41, 5.74) is -0.350. The smallest absolute Gasteiger partial charge is 0.255 e. The quantitative estimate of drug-likeness (QED) is 0.828. The van der Waals surface area contributed by atoms with Crippen molar-refractivity contribution in [3.05, 3.63) is 23.8 Å². The van der Waals surface area contributed by atoms with Crippen molar-refractivity contribution in [2.75, 3.05) is 20.3 Å². The fraction of sp³-hybridized carbons (Fsp3) is 0.462. The van der Waals surface area contributed by atoms with E-state index in [1.54, 1.807) is 0 Å². The highest BCUT2D eigenvalue weighted by atomic mass is 32.2. The maximum Gasteiger partial charge on any atom is 0.255 e. The number of carbonyl (C=O) groups excluding carboxylic acids is 1. The predicted octanol–water partition coefficient (Wildman–Crippen LogP) is 0.251. The van der Waals surface area contributed by atoms with E-state index < -0.39 is 21.5 Å². The van der Waals surface area contributed by atoms with Crippen LogP contribution in [0.1, 0.15) is 23.7 Å². The Labute approximate surface area is 123 Å². The van der Waals surface area contributed by atoms with Crippen LogP contribution in [-0.4, -0.2) is 40.2 Å². The second-order valence-corrected chi connectivity index (χ2v) is 6.79. The zero-order valence-electron chi connectivity index (χ0n) is 11.9. The predicted molar refractivity (Wildman–Crippen MR) is 75.7 cm³/mol. The van der Waals surface area contributed by atoms with Crippen LogP contribution >= 0.6 is 0 Å². The Morgan fingerprint density at radius 1 is 1.48 bits per heavy atom. The van der Waals surface area contributed by atoms with Crippen molar-refractivity contribution in [2.45, 2.75) is 23.8 Å². The third-order valence-corrected chi connectivity index (χ3v) is 4.29. The molecular weight excluding hydrogens is 296 g/mol. The van der Waals surface area contributed by atoms with Crippen molar-refractivity contribution >= 4 is 15.9 Å². The molecule has 116 valence electrons. The average molecular weight is 314 g/mol. The van der Waals surface area contributed by atoms with Crippen LogP contribution in [0.2, 0.25) is 0 Å². The van der Waals surface area contributed by atoms with Crippen LogP contribution in [0.4, 0.5) is 0 Å². The van der Waals surface area contributed by atoms with Gasteiger partial charge in [-0.25, -0.2) is 13.6 Å². The van der Waals surface area contributed by atoms with E-state index in [-0.39, 0.29) is 16.2 Å². The number of nitrogens with one attached hydrogen (secondary N) is 1. The van der Waals surface area contributed by atoms with Crippen molar-refractivity contribution in [1.82, 2.24) is 5.32 Å². The first-order valence-electron chi connectivity index (χ1n) is 6.36. The summed E-state index contributed by atoms with van der Waals surface area (Å²) in [6.07, 6.45) is 0.690. The third kappa shape index (κ3) is 3.52. The van der Waals surface area contributed by atoms with Crippen molar-refractivity contribution in [3.63, 3.8) is 0 Å². The molecule has 0 saturated carbocycles. The number of carbonyl (C=O) groups is 1. The number of hydrogen-bond acceptors (Lipinski definition) is 5. The molecule has 1 fully saturated rings. The Kier molecular flexibility index (Phi) is 4.22. The van der Waals surface area contributed by atoms with Crippen LogP contribution in [0, 0.1) is 0 Å². The lowest BCUT2D eigenvalue weighted by atomic mass is 10.0. The first-order chi connectivity index (χ1) is 9.75. The lowest BCUT2D eigenvalue weighted by Crippen LogP contribution is -2.46. The molecule has 1 aliphatic heterocycles. The number of hydrogen-bond donors (Lipinski definition) is 2. The molecule has 1 atom stereocenters. The van der Waals surface area contributed by atoms with E-state index in [1.807, 2.05) is 6.92 Å². The number of primary sulfonamides is 1. The standard InChI is InChI=1S/C13H18N2O5S/c1-13(5-6-20-8-13)15-12(16)10-7-9(21(14,17)18)3-4-11(10)19-2/h3-4,7H,5-6,8H2,1-2H3,(H,15,16)(H2,14,17,18). The first kappa shape index (κ1) is 15.7. The molecule has 1 aromatic carbocycles. The van der Waals surface area contributed by atoms with Gasteiger partial charge in [0.2, 0.25) is 10.0 Å². The van der Waals surface area contributed by atoms with Gasteiger partial charge in [-0.3, -0.25) is 4.79 Å². The summed E-state index contributed by atoms with van der Waals surface area (Å²) in [7, 11) is -2.48. The molecule has 3 N–H and O–H groups in total. The molecule has 1 amide bonds. The fourth-order valence-corrected chi connectivity index (χ4v) is 2.69. The van der Waals surface area contributed by atoms with E-state index in [0.717, 1.165) is 0 Å². The van der Waals surface area contributed by atoms with Crippen molar-refractivity contribution < 1.29 is 22.7 Å². The van der Waals surface area contributed by atoms with Gasteiger partial charge in [-0.05, 0) is 31.5 Å². The first-order valence-corrected chi connectivity index (χ1v) is 7.91. The van der Waals surface area contributed by atoms with Crippen molar-refractivity contribution in [1.29, 1.82) is 0 Å². The molecular formula is C13H18N2O5S. The Bertz CT molecular complexity index is 651. The SMILES string of the molecule is COc1ccc(S(N)(=O)=O)cc1C(=O)NC1(C)CCOC1. The van der Waals surface area contributed by atoms with Gasteiger partial charge in [-0.1, -0.05) is 0 Å². The third-order valence-electron chi connectivity index (χ3n) is 3.38. The number of nitrogens with two attached hydrogens (primary N) is 1. The van der Waals surface area contributed by atoms with E-state index in [9.17, 15) is 13.2 Å².